The zero-order valence-corrected chi connectivity index (χ0v) is 18.9. The summed E-state index contributed by atoms with van der Waals surface area (Å²) in [6.45, 7) is 1.72. The van der Waals surface area contributed by atoms with Crippen LogP contribution in [0.1, 0.15) is 17.5 Å². The first kappa shape index (κ1) is 23.2. The van der Waals surface area contributed by atoms with Crippen molar-refractivity contribution in [2.24, 2.45) is 5.16 Å². The summed E-state index contributed by atoms with van der Waals surface area (Å²) in [7, 11) is 0. The lowest BCUT2D eigenvalue weighted by atomic mass is 10.0. The van der Waals surface area contributed by atoms with E-state index in [4.69, 9.17) is 21.2 Å². The van der Waals surface area contributed by atoms with Crippen LogP contribution in [0.15, 0.2) is 84.0 Å². The standard InChI is InChI=1S/C26H26ClFN2O3/c27-21-6-4-5-19(13-21)15-30(16-23(31)18-32-24-7-2-1-3-8-24)17-25-14-26(29-33-25)20-9-11-22(28)12-10-20/h1-13,23,25,31H,14-18H2/t23-,25-/m1/s1. The SMILES string of the molecule is O[C@@H](COc1ccccc1)CN(Cc1cccc(Cl)c1)C[C@H]1CC(c2ccc(F)cc2)=NO1. The summed E-state index contributed by atoms with van der Waals surface area (Å²) in [6.07, 6.45) is -0.261. The van der Waals surface area contributed by atoms with Crippen molar-refractivity contribution in [3.8, 4) is 5.75 Å². The molecule has 1 aliphatic rings. The van der Waals surface area contributed by atoms with Gasteiger partial charge in [-0.2, -0.15) is 0 Å². The highest BCUT2D eigenvalue weighted by Gasteiger charge is 2.26. The molecule has 7 heteroatoms. The lowest BCUT2D eigenvalue weighted by Crippen LogP contribution is -2.39. The van der Waals surface area contributed by atoms with Gasteiger partial charge in [-0.25, -0.2) is 4.39 Å². The fourth-order valence-corrected chi connectivity index (χ4v) is 4.00. The molecule has 1 aliphatic heterocycles. The van der Waals surface area contributed by atoms with Crippen molar-refractivity contribution in [3.05, 3.63) is 101 Å². The van der Waals surface area contributed by atoms with Crippen molar-refractivity contribution in [1.82, 2.24) is 4.90 Å². The van der Waals surface area contributed by atoms with E-state index in [9.17, 15) is 9.50 Å². The van der Waals surface area contributed by atoms with Gasteiger partial charge >= 0.3 is 0 Å². The van der Waals surface area contributed by atoms with Crippen LogP contribution in [0.25, 0.3) is 0 Å². The van der Waals surface area contributed by atoms with Crippen molar-refractivity contribution in [2.45, 2.75) is 25.2 Å². The highest BCUT2D eigenvalue weighted by molar-refractivity contribution is 6.30. The number of para-hydroxylation sites is 1. The first-order valence-electron chi connectivity index (χ1n) is 10.9. The van der Waals surface area contributed by atoms with Gasteiger partial charge in [0, 0.05) is 31.1 Å². The molecule has 0 radical (unpaired) electrons. The van der Waals surface area contributed by atoms with Crippen LogP contribution in [0, 0.1) is 5.82 Å². The topological polar surface area (TPSA) is 54.3 Å². The zero-order valence-electron chi connectivity index (χ0n) is 18.1. The molecule has 0 aliphatic carbocycles. The molecule has 0 amide bonds. The van der Waals surface area contributed by atoms with Gasteiger partial charge in [-0.3, -0.25) is 4.90 Å². The molecule has 33 heavy (non-hydrogen) atoms. The molecule has 172 valence electrons. The Morgan fingerprint density at radius 1 is 1.09 bits per heavy atom. The first-order valence-corrected chi connectivity index (χ1v) is 11.2. The van der Waals surface area contributed by atoms with Gasteiger partial charge in [0.1, 0.15) is 30.4 Å². The van der Waals surface area contributed by atoms with E-state index in [1.807, 2.05) is 54.6 Å². The Kier molecular flexibility index (Phi) is 7.94. The molecule has 0 bridgehead atoms. The van der Waals surface area contributed by atoms with Crippen LogP contribution < -0.4 is 4.74 Å². The minimum absolute atomic E-state index is 0.175. The monoisotopic (exact) mass is 468 g/mol. The molecule has 0 saturated heterocycles. The Hall–Kier alpha value is -2.93. The maximum absolute atomic E-state index is 13.2. The summed E-state index contributed by atoms with van der Waals surface area (Å²) in [6, 6.07) is 23.3. The Labute approximate surface area is 198 Å². The fourth-order valence-electron chi connectivity index (χ4n) is 3.78. The van der Waals surface area contributed by atoms with Crippen molar-refractivity contribution in [3.63, 3.8) is 0 Å². The Bertz CT molecular complexity index is 1060. The van der Waals surface area contributed by atoms with Crippen LogP contribution in [-0.4, -0.2) is 47.6 Å². The van der Waals surface area contributed by atoms with Crippen LogP contribution in [0.4, 0.5) is 4.39 Å². The summed E-state index contributed by atoms with van der Waals surface area (Å²) >= 11 is 6.16. The number of aliphatic hydroxyl groups excluding tert-OH is 1. The Morgan fingerprint density at radius 2 is 1.88 bits per heavy atom. The number of hydrogen-bond acceptors (Lipinski definition) is 5. The largest absolute Gasteiger partial charge is 0.491 e. The molecule has 1 N–H and O–H groups in total. The second kappa shape index (κ2) is 11.3. The van der Waals surface area contributed by atoms with Gasteiger partial charge in [0.15, 0.2) is 0 Å². The number of hydrogen-bond donors (Lipinski definition) is 1. The van der Waals surface area contributed by atoms with Gasteiger partial charge in [-0.05, 0) is 47.5 Å². The van der Waals surface area contributed by atoms with E-state index in [1.165, 1.54) is 12.1 Å². The molecule has 3 aromatic rings. The maximum atomic E-state index is 13.2. The van der Waals surface area contributed by atoms with Crippen LogP contribution in [0.5, 0.6) is 5.75 Å². The highest BCUT2D eigenvalue weighted by Crippen LogP contribution is 2.20. The maximum Gasteiger partial charge on any atom is 0.145 e. The summed E-state index contributed by atoms with van der Waals surface area (Å²) in [5, 5.41) is 15.5. The van der Waals surface area contributed by atoms with E-state index in [0.717, 1.165) is 22.6 Å². The summed E-state index contributed by atoms with van der Waals surface area (Å²) < 4.78 is 18.9. The van der Waals surface area contributed by atoms with Gasteiger partial charge in [0.25, 0.3) is 0 Å². The molecule has 4 rings (SSSR count). The van der Waals surface area contributed by atoms with E-state index in [2.05, 4.69) is 10.1 Å². The number of aliphatic hydroxyl groups is 1. The summed E-state index contributed by atoms with van der Waals surface area (Å²) in [5.74, 6) is 0.434. The van der Waals surface area contributed by atoms with E-state index in [0.29, 0.717) is 31.1 Å². The molecule has 0 unspecified atom stereocenters. The average molecular weight is 469 g/mol. The average Bonchev–Trinajstić information content (AvgIpc) is 3.27. The molecule has 0 spiro atoms. The van der Waals surface area contributed by atoms with Gasteiger partial charge < -0.3 is 14.7 Å². The van der Waals surface area contributed by atoms with Gasteiger partial charge in [0.05, 0.1) is 5.71 Å². The molecule has 0 aromatic heterocycles. The van der Waals surface area contributed by atoms with E-state index in [1.54, 1.807) is 12.1 Å². The molecular formula is C26H26ClFN2O3. The predicted molar refractivity (Wildman–Crippen MR) is 127 cm³/mol. The van der Waals surface area contributed by atoms with Crippen LogP contribution in [-0.2, 0) is 11.4 Å². The third kappa shape index (κ3) is 7.02. The minimum Gasteiger partial charge on any atom is -0.491 e. The van der Waals surface area contributed by atoms with Crippen LogP contribution in [0.2, 0.25) is 5.02 Å². The van der Waals surface area contributed by atoms with Crippen LogP contribution in [0.3, 0.4) is 0 Å². The van der Waals surface area contributed by atoms with Crippen molar-refractivity contribution >= 4 is 17.3 Å². The number of nitrogens with zero attached hydrogens (tertiary/aromatic N) is 2. The van der Waals surface area contributed by atoms with E-state index >= 15 is 0 Å². The highest BCUT2D eigenvalue weighted by atomic mass is 35.5. The normalized spacial score (nSPS) is 16.4. The molecule has 1 heterocycles. The smallest absolute Gasteiger partial charge is 0.145 e. The number of benzene rings is 3. The molecule has 5 nitrogen and oxygen atoms in total. The summed E-state index contributed by atoms with van der Waals surface area (Å²) in [5.41, 5.74) is 2.67. The second-order valence-corrected chi connectivity index (χ2v) is 8.51. The first-order chi connectivity index (χ1) is 16.0. The minimum atomic E-state index is -0.691. The third-order valence-corrected chi connectivity index (χ3v) is 5.56. The van der Waals surface area contributed by atoms with Crippen molar-refractivity contribution in [1.29, 1.82) is 0 Å². The van der Waals surface area contributed by atoms with Crippen molar-refractivity contribution in [2.75, 3.05) is 19.7 Å². The molecule has 3 aromatic carbocycles. The lowest BCUT2D eigenvalue weighted by Gasteiger charge is -2.27. The fraction of sp³-hybridized carbons (Fsp3) is 0.269. The van der Waals surface area contributed by atoms with Crippen LogP contribution >= 0.6 is 11.6 Å². The number of rotatable bonds is 10. The number of oxime groups is 1. The summed E-state index contributed by atoms with van der Waals surface area (Å²) in [4.78, 5) is 7.78. The lowest BCUT2D eigenvalue weighted by molar-refractivity contribution is 0.0213. The predicted octanol–water partition coefficient (Wildman–Crippen LogP) is 4.91. The number of ether oxygens (including phenoxy) is 1. The van der Waals surface area contributed by atoms with Crippen molar-refractivity contribution < 1.29 is 19.1 Å². The molecule has 2 atom stereocenters. The van der Waals surface area contributed by atoms with Gasteiger partial charge in [-0.15, -0.1) is 0 Å². The van der Waals surface area contributed by atoms with E-state index in [-0.39, 0.29) is 18.5 Å². The van der Waals surface area contributed by atoms with Gasteiger partial charge in [-0.1, -0.05) is 59.2 Å². The van der Waals surface area contributed by atoms with Gasteiger partial charge in [0.2, 0.25) is 0 Å². The molecule has 0 fully saturated rings. The third-order valence-electron chi connectivity index (χ3n) is 5.32. The zero-order chi connectivity index (χ0) is 23.0. The number of halogens is 2. The Balaban J connectivity index is 1.37. The molecule has 0 saturated carbocycles. The quantitative estimate of drug-likeness (QED) is 0.459. The second-order valence-electron chi connectivity index (χ2n) is 8.08. The van der Waals surface area contributed by atoms with E-state index < -0.39 is 6.10 Å². The Morgan fingerprint density at radius 3 is 2.64 bits per heavy atom. The molecular weight excluding hydrogens is 443 g/mol.